The Morgan fingerprint density at radius 2 is 2.00 bits per heavy atom. The topological polar surface area (TPSA) is 72.3 Å². The van der Waals surface area contributed by atoms with Gasteiger partial charge in [-0.05, 0) is 50.5 Å². The lowest BCUT2D eigenvalue weighted by Gasteiger charge is -2.26. The van der Waals surface area contributed by atoms with Gasteiger partial charge in [0.25, 0.3) is 0 Å². The molecular weight excluding hydrogens is 382 g/mol. The molecule has 0 saturated carbocycles. The SMILES string of the molecule is CCN(C(=O)CSc1nccn1-c1cc(C)cc(C)c1)C1CCS(=O)(=O)C1. The van der Waals surface area contributed by atoms with Crippen LogP contribution >= 0.6 is 11.8 Å². The van der Waals surface area contributed by atoms with Crippen molar-refractivity contribution in [1.82, 2.24) is 14.5 Å². The number of carbonyl (C=O) groups is 1. The van der Waals surface area contributed by atoms with Crippen LogP contribution in [-0.4, -0.2) is 58.6 Å². The summed E-state index contributed by atoms with van der Waals surface area (Å²) in [6.45, 7) is 6.52. The number of carbonyl (C=O) groups excluding carboxylic acids is 1. The van der Waals surface area contributed by atoms with Crippen LogP contribution in [0.15, 0.2) is 35.7 Å². The number of nitrogens with zero attached hydrogens (tertiary/aromatic N) is 3. The molecule has 0 bridgehead atoms. The molecule has 0 radical (unpaired) electrons. The normalized spacial score (nSPS) is 18.6. The molecule has 1 saturated heterocycles. The van der Waals surface area contributed by atoms with Gasteiger partial charge in [-0.3, -0.25) is 9.36 Å². The zero-order valence-electron chi connectivity index (χ0n) is 15.9. The van der Waals surface area contributed by atoms with E-state index >= 15 is 0 Å². The summed E-state index contributed by atoms with van der Waals surface area (Å²) in [6.07, 6.45) is 4.15. The highest BCUT2D eigenvalue weighted by Crippen LogP contribution is 2.24. The van der Waals surface area contributed by atoms with E-state index in [-0.39, 0.29) is 29.2 Å². The van der Waals surface area contributed by atoms with Crippen molar-refractivity contribution in [2.75, 3.05) is 23.8 Å². The van der Waals surface area contributed by atoms with Crippen molar-refractivity contribution in [1.29, 1.82) is 0 Å². The Balaban J connectivity index is 1.70. The van der Waals surface area contributed by atoms with E-state index in [1.807, 2.05) is 17.7 Å². The summed E-state index contributed by atoms with van der Waals surface area (Å²) >= 11 is 1.38. The third-order valence-electron chi connectivity index (χ3n) is 4.73. The molecule has 1 fully saturated rings. The number of sulfone groups is 1. The molecule has 2 heterocycles. The fourth-order valence-electron chi connectivity index (χ4n) is 3.55. The van der Waals surface area contributed by atoms with Crippen LogP contribution in [0.4, 0.5) is 0 Å². The van der Waals surface area contributed by atoms with Crippen LogP contribution in [0.3, 0.4) is 0 Å². The largest absolute Gasteiger partial charge is 0.338 e. The van der Waals surface area contributed by atoms with Gasteiger partial charge in [0.05, 0.1) is 17.3 Å². The Labute approximate surface area is 164 Å². The van der Waals surface area contributed by atoms with Crippen molar-refractivity contribution in [3.05, 3.63) is 41.7 Å². The number of rotatable bonds is 6. The van der Waals surface area contributed by atoms with Gasteiger partial charge in [0.1, 0.15) is 0 Å². The fourth-order valence-corrected chi connectivity index (χ4v) is 6.14. The minimum Gasteiger partial charge on any atom is -0.338 e. The molecule has 6 nitrogen and oxygen atoms in total. The molecule has 1 aliphatic rings. The molecule has 3 rings (SSSR count). The van der Waals surface area contributed by atoms with Crippen LogP contribution in [0.5, 0.6) is 0 Å². The molecule has 27 heavy (non-hydrogen) atoms. The Morgan fingerprint density at radius 3 is 2.59 bits per heavy atom. The van der Waals surface area contributed by atoms with Crippen molar-refractivity contribution in [3.8, 4) is 5.69 Å². The van der Waals surface area contributed by atoms with E-state index in [4.69, 9.17) is 0 Å². The zero-order chi connectivity index (χ0) is 19.6. The molecule has 146 valence electrons. The van der Waals surface area contributed by atoms with Crippen molar-refractivity contribution >= 4 is 27.5 Å². The first kappa shape index (κ1) is 19.9. The third-order valence-corrected chi connectivity index (χ3v) is 7.43. The van der Waals surface area contributed by atoms with E-state index in [1.165, 1.54) is 22.9 Å². The van der Waals surface area contributed by atoms with Crippen LogP contribution in [0.2, 0.25) is 0 Å². The lowest BCUT2D eigenvalue weighted by Crippen LogP contribution is -2.42. The molecule has 1 aromatic heterocycles. The quantitative estimate of drug-likeness (QED) is 0.689. The maximum Gasteiger partial charge on any atom is 0.233 e. The fraction of sp³-hybridized carbons (Fsp3) is 0.474. The average Bonchev–Trinajstić information content (AvgIpc) is 3.19. The number of imidazole rings is 1. The van der Waals surface area contributed by atoms with Crippen LogP contribution in [0, 0.1) is 13.8 Å². The zero-order valence-corrected chi connectivity index (χ0v) is 17.5. The summed E-state index contributed by atoms with van der Waals surface area (Å²) in [7, 11) is -3.01. The lowest BCUT2D eigenvalue weighted by atomic mass is 10.1. The van der Waals surface area contributed by atoms with Gasteiger partial charge < -0.3 is 4.90 Å². The van der Waals surface area contributed by atoms with Crippen LogP contribution in [0.1, 0.15) is 24.5 Å². The first-order valence-corrected chi connectivity index (χ1v) is 11.8. The van der Waals surface area contributed by atoms with Gasteiger partial charge in [-0.15, -0.1) is 0 Å². The molecule has 8 heteroatoms. The van der Waals surface area contributed by atoms with Gasteiger partial charge in [0, 0.05) is 30.7 Å². The molecule has 0 aliphatic carbocycles. The van der Waals surface area contributed by atoms with E-state index < -0.39 is 9.84 Å². The summed E-state index contributed by atoms with van der Waals surface area (Å²) < 4.78 is 25.4. The van der Waals surface area contributed by atoms with E-state index in [2.05, 4.69) is 37.0 Å². The van der Waals surface area contributed by atoms with Crippen molar-refractivity contribution in [3.63, 3.8) is 0 Å². The Kier molecular flexibility index (Phi) is 5.95. The highest BCUT2D eigenvalue weighted by atomic mass is 32.2. The minimum atomic E-state index is -3.01. The van der Waals surface area contributed by atoms with Crippen molar-refractivity contribution in [2.24, 2.45) is 0 Å². The van der Waals surface area contributed by atoms with Gasteiger partial charge in [-0.25, -0.2) is 13.4 Å². The monoisotopic (exact) mass is 407 g/mol. The minimum absolute atomic E-state index is 0.0421. The van der Waals surface area contributed by atoms with E-state index in [0.717, 1.165) is 10.8 Å². The van der Waals surface area contributed by atoms with Crippen LogP contribution in [0.25, 0.3) is 5.69 Å². The second-order valence-corrected chi connectivity index (χ2v) is 10.1. The number of hydrogen-bond acceptors (Lipinski definition) is 5. The molecule has 1 unspecified atom stereocenters. The summed E-state index contributed by atoms with van der Waals surface area (Å²) in [5.74, 6) is 0.450. The van der Waals surface area contributed by atoms with Crippen molar-refractivity contribution in [2.45, 2.75) is 38.4 Å². The molecule has 0 spiro atoms. The number of hydrogen-bond donors (Lipinski definition) is 0. The van der Waals surface area contributed by atoms with E-state index in [1.54, 1.807) is 11.1 Å². The standard InChI is InChI=1S/C19H25N3O3S2/c1-4-21(16-5-8-27(24,25)13-16)18(23)12-26-19-20-6-7-22(19)17-10-14(2)9-15(3)11-17/h6-7,9-11,16H,4-5,8,12-13H2,1-3H3. The summed E-state index contributed by atoms with van der Waals surface area (Å²) in [5.41, 5.74) is 3.37. The van der Waals surface area contributed by atoms with Gasteiger partial charge in [0.15, 0.2) is 15.0 Å². The number of thioether (sulfide) groups is 1. The number of aromatic nitrogens is 2. The second kappa shape index (κ2) is 8.06. The highest BCUT2D eigenvalue weighted by Gasteiger charge is 2.33. The summed E-state index contributed by atoms with van der Waals surface area (Å²) in [4.78, 5) is 18.8. The van der Waals surface area contributed by atoms with Crippen LogP contribution in [-0.2, 0) is 14.6 Å². The van der Waals surface area contributed by atoms with E-state index in [0.29, 0.717) is 13.0 Å². The predicted molar refractivity (Wildman–Crippen MR) is 108 cm³/mol. The Bertz CT molecular complexity index is 917. The second-order valence-electron chi connectivity index (χ2n) is 6.95. The Hall–Kier alpha value is -1.80. The number of benzene rings is 1. The average molecular weight is 408 g/mol. The molecule has 1 aliphatic heterocycles. The molecule has 0 N–H and O–H groups in total. The van der Waals surface area contributed by atoms with E-state index in [9.17, 15) is 13.2 Å². The third kappa shape index (κ3) is 4.73. The number of amides is 1. The molecule has 2 aromatic rings. The predicted octanol–water partition coefficient (Wildman–Crippen LogP) is 2.62. The van der Waals surface area contributed by atoms with Crippen LogP contribution < -0.4 is 0 Å². The highest BCUT2D eigenvalue weighted by molar-refractivity contribution is 7.99. The molecular formula is C19H25N3O3S2. The Morgan fingerprint density at radius 1 is 1.30 bits per heavy atom. The maximum absolute atomic E-state index is 12.7. The summed E-state index contributed by atoms with van der Waals surface area (Å²) in [5, 5.41) is 0.753. The maximum atomic E-state index is 12.7. The van der Waals surface area contributed by atoms with Gasteiger partial charge in [-0.2, -0.15) is 0 Å². The van der Waals surface area contributed by atoms with Gasteiger partial charge in [-0.1, -0.05) is 17.8 Å². The van der Waals surface area contributed by atoms with Gasteiger partial charge >= 0.3 is 0 Å². The molecule has 1 aromatic carbocycles. The number of aryl methyl sites for hydroxylation is 2. The molecule has 1 amide bonds. The lowest BCUT2D eigenvalue weighted by molar-refractivity contribution is -0.129. The first-order valence-electron chi connectivity index (χ1n) is 9.04. The first-order chi connectivity index (χ1) is 12.8. The summed E-state index contributed by atoms with van der Waals surface area (Å²) in [6, 6.07) is 6.09. The van der Waals surface area contributed by atoms with Crippen molar-refractivity contribution < 1.29 is 13.2 Å². The van der Waals surface area contributed by atoms with Gasteiger partial charge in [0.2, 0.25) is 5.91 Å². The molecule has 1 atom stereocenters. The smallest absolute Gasteiger partial charge is 0.233 e.